The fourth-order valence-corrected chi connectivity index (χ4v) is 4.50. The largest absolute Gasteiger partial charge is 0.495 e. The number of hydrogen-bond acceptors (Lipinski definition) is 5. The first-order valence-corrected chi connectivity index (χ1v) is 9.64. The third-order valence-corrected chi connectivity index (χ3v) is 5.88. The van der Waals surface area contributed by atoms with Crippen LogP contribution in [0.1, 0.15) is 5.56 Å². The summed E-state index contributed by atoms with van der Waals surface area (Å²) in [5.41, 5.74) is 0.804. The van der Waals surface area contributed by atoms with Crippen molar-refractivity contribution in [3.05, 3.63) is 53.4 Å². The molecular formula is C17H15NO5S2. The minimum atomic E-state index is -3.93. The van der Waals surface area contributed by atoms with Crippen molar-refractivity contribution in [2.45, 2.75) is 11.3 Å². The minimum absolute atomic E-state index is 0.0980. The molecule has 0 spiro atoms. The van der Waals surface area contributed by atoms with E-state index in [0.29, 0.717) is 11.3 Å². The maximum atomic E-state index is 12.8. The zero-order chi connectivity index (χ0) is 18.0. The van der Waals surface area contributed by atoms with Crippen molar-refractivity contribution in [3.63, 3.8) is 0 Å². The van der Waals surface area contributed by atoms with Crippen molar-refractivity contribution in [1.82, 2.24) is 0 Å². The molecular weight excluding hydrogens is 362 g/mol. The van der Waals surface area contributed by atoms with E-state index in [1.54, 1.807) is 23.5 Å². The van der Waals surface area contributed by atoms with Gasteiger partial charge in [0.15, 0.2) is 0 Å². The number of carboxylic acids is 1. The molecule has 25 heavy (non-hydrogen) atoms. The number of aliphatic carboxylic acids is 1. The number of benzene rings is 2. The van der Waals surface area contributed by atoms with E-state index in [1.807, 2.05) is 17.5 Å². The minimum Gasteiger partial charge on any atom is -0.495 e. The molecule has 0 radical (unpaired) electrons. The Morgan fingerprint density at radius 2 is 2.00 bits per heavy atom. The zero-order valence-corrected chi connectivity index (χ0v) is 14.9. The Morgan fingerprint density at radius 1 is 1.20 bits per heavy atom. The average molecular weight is 377 g/mol. The lowest BCUT2D eigenvalue weighted by molar-refractivity contribution is -0.136. The smallest absolute Gasteiger partial charge is 0.307 e. The van der Waals surface area contributed by atoms with Crippen molar-refractivity contribution >= 4 is 43.1 Å². The molecule has 0 fully saturated rings. The molecule has 0 amide bonds. The Kier molecular flexibility index (Phi) is 4.65. The van der Waals surface area contributed by atoms with Gasteiger partial charge in [0, 0.05) is 10.4 Å². The van der Waals surface area contributed by atoms with Gasteiger partial charge in [0.05, 0.1) is 13.5 Å². The van der Waals surface area contributed by atoms with Crippen molar-refractivity contribution in [2.75, 3.05) is 11.8 Å². The van der Waals surface area contributed by atoms with Gasteiger partial charge in [-0.25, -0.2) is 8.42 Å². The van der Waals surface area contributed by atoms with E-state index >= 15 is 0 Å². The molecule has 0 aliphatic carbocycles. The van der Waals surface area contributed by atoms with Crippen molar-refractivity contribution < 1.29 is 23.1 Å². The monoisotopic (exact) mass is 377 g/mol. The van der Waals surface area contributed by atoms with E-state index < -0.39 is 16.0 Å². The van der Waals surface area contributed by atoms with Gasteiger partial charge < -0.3 is 9.84 Å². The summed E-state index contributed by atoms with van der Waals surface area (Å²) in [4.78, 5) is 10.8. The Bertz CT molecular complexity index is 1040. The predicted molar refractivity (Wildman–Crippen MR) is 97.0 cm³/mol. The van der Waals surface area contributed by atoms with Crippen LogP contribution in [0.25, 0.3) is 10.1 Å². The summed E-state index contributed by atoms with van der Waals surface area (Å²) in [5.74, 6) is -0.886. The Morgan fingerprint density at radius 3 is 2.72 bits per heavy atom. The Balaban J connectivity index is 1.98. The van der Waals surface area contributed by atoms with Crippen LogP contribution in [0, 0.1) is 0 Å². The maximum Gasteiger partial charge on any atom is 0.307 e. The first-order chi connectivity index (χ1) is 11.9. The van der Waals surface area contributed by atoms with Crippen LogP contribution in [0.3, 0.4) is 0 Å². The fraction of sp³-hybridized carbons (Fsp3) is 0.118. The highest BCUT2D eigenvalue weighted by Crippen LogP contribution is 2.29. The van der Waals surface area contributed by atoms with Crippen LogP contribution in [0.5, 0.6) is 5.75 Å². The third kappa shape index (κ3) is 3.75. The number of fused-ring (bicyclic) bond motifs is 1. The molecule has 0 atom stereocenters. The molecule has 0 saturated heterocycles. The number of hydrogen-bond donors (Lipinski definition) is 2. The van der Waals surface area contributed by atoms with Gasteiger partial charge in [-0.2, -0.15) is 0 Å². The van der Waals surface area contributed by atoms with Crippen LogP contribution in [0.2, 0.25) is 0 Å². The Hall–Kier alpha value is -2.58. The number of ether oxygens (including phenoxy) is 1. The van der Waals surface area contributed by atoms with E-state index in [9.17, 15) is 13.2 Å². The van der Waals surface area contributed by atoms with Gasteiger partial charge in [-0.3, -0.25) is 9.52 Å². The van der Waals surface area contributed by atoms with E-state index in [0.717, 1.165) is 10.1 Å². The number of rotatable bonds is 6. The molecule has 8 heteroatoms. The van der Waals surface area contributed by atoms with E-state index in [1.165, 1.54) is 25.3 Å². The van der Waals surface area contributed by atoms with Crippen LogP contribution < -0.4 is 9.46 Å². The molecule has 3 rings (SSSR count). The van der Waals surface area contributed by atoms with Crippen molar-refractivity contribution in [1.29, 1.82) is 0 Å². The lowest BCUT2D eigenvalue weighted by atomic mass is 10.1. The summed E-state index contributed by atoms with van der Waals surface area (Å²) >= 11 is 1.57. The molecule has 0 saturated carbocycles. The van der Waals surface area contributed by atoms with Crippen LogP contribution in [0.15, 0.2) is 52.7 Å². The fourth-order valence-electron chi connectivity index (χ4n) is 2.46. The van der Waals surface area contributed by atoms with Crippen LogP contribution in [0.4, 0.5) is 5.69 Å². The molecule has 2 N–H and O–H groups in total. The van der Waals surface area contributed by atoms with Crippen LogP contribution in [-0.2, 0) is 21.2 Å². The number of carbonyl (C=O) groups is 1. The quantitative estimate of drug-likeness (QED) is 0.687. The van der Waals surface area contributed by atoms with Gasteiger partial charge in [0.2, 0.25) is 0 Å². The first-order valence-electron chi connectivity index (χ1n) is 7.28. The number of carboxylic acid groups (broad SMARTS) is 1. The number of thiophene rings is 1. The molecule has 0 aliphatic rings. The highest BCUT2D eigenvalue weighted by atomic mass is 32.2. The SMILES string of the molecule is COc1ccc(CC(=O)O)cc1S(=O)(=O)Nc1ccc2sccc2c1. The van der Waals surface area contributed by atoms with Crippen molar-refractivity contribution in [3.8, 4) is 5.75 Å². The molecule has 1 heterocycles. The van der Waals surface area contributed by atoms with Gasteiger partial charge in [-0.05, 0) is 52.7 Å². The summed E-state index contributed by atoms with van der Waals surface area (Å²) in [6.07, 6.45) is -0.270. The molecule has 3 aromatic rings. The van der Waals surface area contributed by atoms with E-state index in [-0.39, 0.29) is 17.1 Å². The summed E-state index contributed by atoms with van der Waals surface area (Å²) in [5, 5.41) is 11.8. The zero-order valence-electron chi connectivity index (χ0n) is 13.2. The number of methoxy groups -OCH3 is 1. The summed E-state index contributed by atoms with van der Waals surface area (Å²) in [7, 11) is -2.57. The molecule has 2 aromatic carbocycles. The van der Waals surface area contributed by atoms with Gasteiger partial charge in [0.1, 0.15) is 10.6 Å². The predicted octanol–water partition coefficient (Wildman–Crippen LogP) is 3.34. The second-order valence-electron chi connectivity index (χ2n) is 5.33. The van der Waals surface area contributed by atoms with Crippen LogP contribution in [-0.4, -0.2) is 26.6 Å². The summed E-state index contributed by atoms with van der Waals surface area (Å²) in [6, 6.07) is 11.5. The second-order valence-corrected chi connectivity index (χ2v) is 7.93. The van der Waals surface area contributed by atoms with Crippen LogP contribution >= 0.6 is 11.3 Å². The summed E-state index contributed by atoms with van der Waals surface area (Å²) in [6.45, 7) is 0. The van der Waals surface area contributed by atoms with E-state index in [4.69, 9.17) is 9.84 Å². The summed E-state index contributed by atoms with van der Waals surface area (Å²) < 4.78 is 34.2. The number of nitrogens with one attached hydrogen (secondary N) is 1. The number of anilines is 1. The van der Waals surface area contributed by atoms with E-state index in [2.05, 4.69) is 4.72 Å². The molecule has 1 aromatic heterocycles. The molecule has 0 unspecified atom stereocenters. The normalized spacial score (nSPS) is 11.4. The first kappa shape index (κ1) is 17.2. The van der Waals surface area contributed by atoms with Crippen molar-refractivity contribution in [2.24, 2.45) is 0 Å². The lowest BCUT2D eigenvalue weighted by Gasteiger charge is -2.13. The molecule has 6 nitrogen and oxygen atoms in total. The molecule has 0 aliphatic heterocycles. The molecule has 0 bridgehead atoms. The second kappa shape index (κ2) is 6.73. The van der Waals surface area contributed by atoms with Gasteiger partial charge in [-0.15, -0.1) is 11.3 Å². The average Bonchev–Trinajstić information content (AvgIpc) is 3.01. The van der Waals surface area contributed by atoms with Gasteiger partial charge in [-0.1, -0.05) is 6.07 Å². The van der Waals surface area contributed by atoms with Gasteiger partial charge in [0.25, 0.3) is 10.0 Å². The molecule has 130 valence electrons. The standard InChI is InChI=1S/C17H15NO5S2/c1-23-14-4-2-11(9-17(19)20)8-16(14)25(21,22)18-13-3-5-15-12(10-13)6-7-24-15/h2-8,10,18H,9H2,1H3,(H,19,20). The topological polar surface area (TPSA) is 92.7 Å². The van der Waals surface area contributed by atoms with Gasteiger partial charge >= 0.3 is 5.97 Å². The highest BCUT2D eigenvalue weighted by Gasteiger charge is 2.21. The number of sulfonamides is 1. The highest BCUT2D eigenvalue weighted by molar-refractivity contribution is 7.92. The Labute approximate surface area is 148 Å². The maximum absolute atomic E-state index is 12.8. The lowest BCUT2D eigenvalue weighted by Crippen LogP contribution is -2.15. The third-order valence-electron chi connectivity index (χ3n) is 3.58.